The molecule has 1 aromatic carbocycles. The van der Waals surface area contributed by atoms with E-state index in [4.69, 9.17) is 9.15 Å². The summed E-state index contributed by atoms with van der Waals surface area (Å²) in [6.07, 6.45) is 1.38. The second-order valence-electron chi connectivity index (χ2n) is 6.44. The summed E-state index contributed by atoms with van der Waals surface area (Å²) in [7, 11) is 0. The number of carbonyl (C=O) groups excluding carboxylic acids is 2. The Morgan fingerprint density at radius 3 is 2.35 bits per heavy atom. The summed E-state index contributed by atoms with van der Waals surface area (Å²) in [6, 6.07) is 11.2. The second-order valence-corrected chi connectivity index (χ2v) is 6.44. The Morgan fingerprint density at radius 1 is 1.04 bits per heavy atom. The van der Waals surface area contributed by atoms with Crippen molar-refractivity contribution in [1.29, 1.82) is 0 Å². The monoisotopic (exact) mass is 351 g/mol. The van der Waals surface area contributed by atoms with Crippen LogP contribution >= 0.6 is 0 Å². The summed E-state index contributed by atoms with van der Waals surface area (Å²) >= 11 is 0. The van der Waals surface area contributed by atoms with Gasteiger partial charge in [0.25, 0.3) is 0 Å². The van der Waals surface area contributed by atoms with Crippen molar-refractivity contribution in [2.75, 3.05) is 6.61 Å². The topological polar surface area (TPSA) is 61.4 Å². The minimum atomic E-state index is -0.647. The van der Waals surface area contributed by atoms with Crippen LogP contribution in [0, 0.1) is 27.7 Å². The maximum Gasteiger partial charge on any atom is 0.374 e. The lowest BCUT2D eigenvalue weighted by Crippen LogP contribution is -2.14. The highest BCUT2D eigenvalue weighted by Crippen LogP contribution is 2.23. The fourth-order valence-corrected chi connectivity index (χ4v) is 3.20. The summed E-state index contributed by atoms with van der Waals surface area (Å²) < 4.78 is 12.1. The van der Waals surface area contributed by atoms with Crippen molar-refractivity contribution in [1.82, 2.24) is 4.57 Å². The first-order valence-electron chi connectivity index (χ1n) is 8.38. The van der Waals surface area contributed by atoms with Crippen LogP contribution in [0.15, 0.2) is 47.1 Å². The van der Waals surface area contributed by atoms with Crippen LogP contribution in [0.2, 0.25) is 0 Å². The van der Waals surface area contributed by atoms with E-state index in [1.165, 1.54) is 12.3 Å². The zero-order valence-corrected chi connectivity index (χ0v) is 15.3. The van der Waals surface area contributed by atoms with Gasteiger partial charge in [-0.3, -0.25) is 4.79 Å². The molecule has 0 aliphatic heterocycles. The zero-order chi connectivity index (χ0) is 18.8. The quantitative estimate of drug-likeness (QED) is 0.507. The average molecular weight is 351 g/mol. The maximum absolute atomic E-state index is 12.5. The van der Waals surface area contributed by atoms with E-state index in [0.717, 1.165) is 28.2 Å². The van der Waals surface area contributed by atoms with E-state index >= 15 is 0 Å². The first-order valence-corrected chi connectivity index (χ1v) is 8.38. The summed E-state index contributed by atoms with van der Waals surface area (Å²) in [6.45, 7) is 7.62. The Kier molecular flexibility index (Phi) is 4.80. The molecule has 0 amide bonds. The molecular weight excluding hydrogens is 330 g/mol. The number of ketones is 1. The van der Waals surface area contributed by atoms with Crippen LogP contribution in [0.4, 0.5) is 0 Å². The van der Waals surface area contributed by atoms with Gasteiger partial charge in [-0.25, -0.2) is 4.79 Å². The number of Topliss-reactive ketones (excluding diaryl/α,β-unsaturated/α-hetero) is 1. The minimum absolute atomic E-state index is 0.0820. The van der Waals surface area contributed by atoms with Crippen LogP contribution in [0.3, 0.4) is 0 Å². The number of esters is 1. The van der Waals surface area contributed by atoms with Crippen LogP contribution in [0.1, 0.15) is 43.4 Å². The molecule has 134 valence electrons. The van der Waals surface area contributed by atoms with Crippen molar-refractivity contribution in [2.24, 2.45) is 0 Å². The Labute approximate surface area is 152 Å². The van der Waals surface area contributed by atoms with Crippen molar-refractivity contribution >= 4 is 11.8 Å². The van der Waals surface area contributed by atoms with Gasteiger partial charge in [-0.2, -0.15) is 0 Å². The van der Waals surface area contributed by atoms with Gasteiger partial charge in [0.05, 0.1) is 6.26 Å². The lowest BCUT2D eigenvalue weighted by Gasteiger charge is -2.12. The molecule has 0 radical (unpaired) electrons. The maximum atomic E-state index is 12.5. The van der Waals surface area contributed by atoms with Gasteiger partial charge in [-0.1, -0.05) is 6.07 Å². The molecule has 5 heteroatoms. The molecule has 0 aliphatic rings. The van der Waals surface area contributed by atoms with E-state index in [-0.39, 0.29) is 18.2 Å². The van der Waals surface area contributed by atoms with E-state index in [0.29, 0.717) is 5.56 Å². The van der Waals surface area contributed by atoms with Gasteiger partial charge in [-0.05, 0) is 69.2 Å². The summed E-state index contributed by atoms with van der Waals surface area (Å²) in [5.74, 6) is -0.807. The first kappa shape index (κ1) is 17.7. The molecule has 0 atom stereocenters. The number of rotatable bonds is 5. The van der Waals surface area contributed by atoms with Gasteiger partial charge in [0.2, 0.25) is 11.5 Å². The number of nitrogens with zero attached hydrogens (tertiary/aromatic N) is 1. The number of hydrogen-bond acceptors (Lipinski definition) is 4. The largest absolute Gasteiger partial charge is 0.457 e. The highest BCUT2D eigenvalue weighted by Gasteiger charge is 2.19. The van der Waals surface area contributed by atoms with Crippen LogP contribution in [-0.2, 0) is 4.74 Å². The average Bonchev–Trinajstić information content (AvgIpc) is 3.19. The van der Waals surface area contributed by atoms with E-state index in [1.54, 1.807) is 6.07 Å². The van der Waals surface area contributed by atoms with Crippen molar-refractivity contribution in [3.8, 4) is 5.69 Å². The highest BCUT2D eigenvalue weighted by molar-refractivity contribution is 6.00. The molecular formula is C21H21NO4. The highest BCUT2D eigenvalue weighted by atomic mass is 16.5. The van der Waals surface area contributed by atoms with E-state index in [2.05, 4.69) is 18.2 Å². The molecule has 26 heavy (non-hydrogen) atoms. The van der Waals surface area contributed by atoms with E-state index < -0.39 is 5.97 Å². The van der Waals surface area contributed by atoms with Gasteiger partial charge < -0.3 is 13.7 Å². The molecule has 0 saturated heterocycles. The number of carbonyl (C=O) groups is 2. The van der Waals surface area contributed by atoms with Gasteiger partial charge in [-0.15, -0.1) is 0 Å². The fourth-order valence-electron chi connectivity index (χ4n) is 3.20. The molecule has 0 fully saturated rings. The molecule has 2 aromatic heterocycles. The van der Waals surface area contributed by atoms with Crippen molar-refractivity contribution in [3.63, 3.8) is 0 Å². The van der Waals surface area contributed by atoms with Gasteiger partial charge in [0.15, 0.2) is 6.61 Å². The first-order chi connectivity index (χ1) is 12.4. The lowest BCUT2D eigenvalue weighted by atomic mass is 10.1. The molecule has 0 N–H and O–H groups in total. The molecule has 5 nitrogen and oxygen atoms in total. The second kappa shape index (κ2) is 7.04. The number of aryl methyl sites for hydroxylation is 3. The predicted molar refractivity (Wildman–Crippen MR) is 98.0 cm³/mol. The lowest BCUT2D eigenvalue weighted by molar-refractivity contribution is 0.0444. The Hall–Kier alpha value is -3.08. The summed E-state index contributed by atoms with van der Waals surface area (Å²) in [5.41, 5.74) is 5.67. The van der Waals surface area contributed by atoms with Crippen molar-refractivity contribution in [3.05, 3.63) is 76.5 Å². The normalized spacial score (nSPS) is 10.8. The zero-order valence-electron chi connectivity index (χ0n) is 15.3. The van der Waals surface area contributed by atoms with Gasteiger partial charge >= 0.3 is 5.97 Å². The number of furan rings is 1. The van der Waals surface area contributed by atoms with E-state index in [9.17, 15) is 9.59 Å². The Morgan fingerprint density at radius 2 is 1.73 bits per heavy atom. The van der Waals surface area contributed by atoms with Gasteiger partial charge in [0.1, 0.15) is 0 Å². The number of ether oxygens (including phenoxy) is 1. The molecule has 3 rings (SSSR count). The smallest absolute Gasteiger partial charge is 0.374 e. The van der Waals surface area contributed by atoms with Crippen molar-refractivity contribution < 1.29 is 18.7 Å². The number of hydrogen-bond donors (Lipinski definition) is 0. The molecule has 3 aromatic rings. The van der Waals surface area contributed by atoms with Crippen molar-refractivity contribution in [2.45, 2.75) is 27.7 Å². The summed E-state index contributed by atoms with van der Waals surface area (Å²) in [5, 5.41) is 0. The number of benzene rings is 1. The third kappa shape index (κ3) is 3.47. The van der Waals surface area contributed by atoms with Crippen LogP contribution < -0.4 is 0 Å². The fraction of sp³-hybridized carbons (Fsp3) is 0.238. The third-order valence-electron chi connectivity index (χ3n) is 4.25. The standard InChI is InChI=1S/C21H21NO4/c1-13-8-14(2)10-17(9-13)22-15(3)11-18(16(22)4)19(23)12-26-21(24)20-6-5-7-25-20/h5-11H,12H2,1-4H3. The molecule has 0 spiro atoms. The van der Waals surface area contributed by atoms with Crippen LogP contribution in [-0.4, -0.2) is 22.9 Å². The predicted octanol–water partition coefficient (Wildman–Crippen LogP) is 4.34. The number of aromatic nitrogens is 1. The molecule has 2 heterocycles. The third-order valence-corrected chi connectivity index (χ3v) is 4.25. The van der Waals surface area contributed by atoms with Crippen LogP contribution in [0.25, 0.3) is 5.69 Å². The Bertz CT molecular complexity index is 944. The summed E-state index contributed by atoms with van der Waals surface area (Å²) in [4.78, 5) is 24.4. The molecule has 0 aliphatic carbocycles. The van der Waals surface area contributed by atoms with Crippen LogP contribution in [0.5, 0.6) is 0 Å². The van der Waals surface area contributed by atoms with E-state index in [1.807, 2.05) is 38.3 Å². The Balaban J connectivity index is 1.83. The molecule has 0 unspecified atom stereocenters. The van der Waals surface area contributed by atoms with Gasteiger partial charge in [0, 0.05) is 22.6 Å². The SMILES string of the molecule is Cc1cc(C)cc(-n2c(C)cc(C(=O)COC(=O)c3ccco3)c2C)c1. The minimum Gasteiger partial charge on any atom is -0.457 e. The molecule has 0 bridgehead atoms. The molecule has 0 saturated carbocycles.